The van der Waals surface area contributed by atoms with E-state index in [2.05, 4.69) is 25.8 Å². The highest BCUT2D eigenvalue weighted by Crippen LogP contribution is 2.01. The largest absolute Gasteiger partial charge is 0.467 e. The van der Waals surface area contributed by atoms with Crippen LogP contribution in [0.5, 0.6) is 0 Å². The molecule has 23 heavy (non-hydrogen) atoms. The van der Waals surface area contributed by atoms with E-state index in [0.29, 0.717) is 37.4 Å². The summed E-state index contributed by atoms with van der Waals surface area (Å²) in [6.45, 7) is 4.12. The highest BCUT2D eigenvalue weighted by molar-refractivity contribution is 14.0. The second-order valence-corrected chi connectivity index (χ2v) is 4.57. The zero-order valence-corrected chi connectivity index (χ0v) is 15.6. The Morgan fingerprint density at radius 2 is 2.26 bits per heavy atom. The molecule has 0 fully saturated rings. The van der Waals surface area contributed by atoms with Crippen LogP contribution < -0.4 is 10.6 Å². The van der Waals surface area contributed by atoms with E-state index in [4.69, 9.17) is 13.7 Å². The van der Waals surface area contributed by atoms with Crippen molar-refractivity contribution in [2.24, 2.45) is 4.99 Å². The lowest BCUT2D eigenvalue weighted by Gasteiger charge is -2.10. The predicted molar refractivity (Wildman–Crippen MR) is 95.6 cm³/mol. The van der Waals surface area contributed by atoms with Crippen molar-refractivity contribution in [2.75, 3.05) is 20.2 Å². The van der Waals surface area contributed by atoms with E-state index in [1.165, 1.54) is 0 Å². The highest BCUT2D eigenvalue weighted by Gasteiger charge is 2.03. The second-order valence-electron chi connectivity index (χ2n) is 4.57. The number of aromatic nitrogens is 2. The molecule has 0 aliphatic carbocycles. The average molecular weight is 435 g/mol. The summed E-state index contributed by atoms with van der Waals surface area (Å²) in [5.74, 6) is 2.67. The number of hydrogen-bond acceptors (Lipinski definition) is 6. The average Bonchev–Trinajstić information content (AvgIpc) is 3.17. The van der Waals surface area contributed by atoms with Gasteiger partial charge in [0, 0.05) is 27.1 Å². The minimum absolute atomic E-state index is 0. The van der Waals surface area contributed by atoms with Crippen LogP contribution in [0, 0.1) is 6.92 Å². The number of aliphatic imine (C=N–C) groups is 1. The van der Waals surface area contributed by atoms with Crippen molar-refractivity contribution in [2.45, 2.75) is 26.5 Å². The third-order valence-electron chi connectivity index (χ3n) is 2.79. The van der Waals surface area contributed by atoms with Gasteiger partial charge in [-0.1, -0.05) is 5.16 Å². The van der Waals surface area contributed by atoms with Crippen LogP contribution in [0.25, 0.3) is 0 Å². The number of aryl methyl sites for hydroxylation is 1. The van der Waals surface area contributed by atoms with E-state index in [0.717, 1.165) is 18.7 Å². The summed E-state index contributed by atoms with van der Waals surface area (Å²) < 4.78 is 15.6. The molecule has 0 saturated carbocycles. The van der Waals surface area contributed by atoms with E-state index in [-0.39, 0.29) is 24.0 Å². The van der Waals surface area contributed by atoms with Gasteiger partial charge in [-0.2, -0.15) is 4.98 Å². The van der Waals surface area contributed by atoms with Gasteiger partial charge in [0.15, 0.2) is 11.8 Å². The molecule has 0 radical (unpaired) electrons. The van der Waals surface area contributed by atoms with Gasteiger partial charge in [0.1, 0.15) is 12.4 Å². The number of furan rings is 1. The van der Waals surface area contributed by atoms with Gasteiger partial charge in [-0.05, 0) is 18.6 Å². The van der Waals surface area contributed by atoms with Gasteiger partial charge in [-0.3, -0.25) is 4.99 Å². The zero-order valence-electron chi connectivity index (χ0n) is 13.2. The van der Waals surface area contributed by atoms with Gasteiger partial charge in [-0.15, -0.1) is 24.0 Å². The molecule has 9 heteroatoms. The molecule has 0 atom stereocenters. The third kappa shape index (κ3) is 7.46. The van der Waals surface area contributed by atoms with Crippen LogP contribution in [-0.2, 0) is 17.9 Å². The highest BCUT2D eigenvalue weighted by atomic mass is 127. The Balaban J connectivity index is 0.00000264. The van der Waals surface area contributed by atoms with Crippen molar-refractivity contribution in [3.63, 3.8) is 0 Å². The first-order valence-corrected chi connectivity index (χ1v) is 7.12. The number of ether oxygens (including phenoxy) is 1. The standard InChI is InChI=1S/C14H21N5O3.HI/c1-11-18-13(19-22-11)9-17-14(15-2)16-6-4-7-20-10-12-5-3-8-21-12;/h3,5,8H,4,6-7,9-10H2,1-2H3,(H2,15,16,17);1H. The number of rotatable bonds is 8. The van der Waals surface area contributed by atoms with Crippen molar-refractivity contribution in [3.05, 3.63) is 35.9 Å². The van der Waals surface area contributed by atoms with Crippen molar-refractivity contribution >= 4 is 29.9 Å². The summed E-state index contributed by atoms with van der Waals surface area (Å²) in [7, 11) is 1.71. The van der Waals surface area contributed by atoms with Gasteiger partial charge < -0.3 is 24.3 Å². The van der Waals surface area contributed by atoms with E-state index < -0.39 is 0 Å². The first-order valence-electron chi connectivity index (χ1n) is 7.12. The van der Waals surface area contributed by atoms with Crippen LogP contribution >= 0.6 is 24.0 Å². The number of nitrogens with one attached hydrogen (secondary N) is 2. The van der Waals surface area contributed by atoms with E-state index in [1.54, 1.807) is 20.2 Å². The number of guanidine groups is 1. The summed E-state index contributed by atoms with van der Waals surface area (Å²) in [4.78, 5) is 8.23. The first-order chi connectivity index (χ1) is 10.8. The Kier molecular flexibility index (Phi) is 9.29. The molecule has 0 spiro atoms. The monoisotopic (exact) mass is 435 g/mol. The smallest absolute Gasteiger partial charge is 0.223 e. The molecule has 2 aromatic heterocycles. The van der Waals surface area contributed by atoms with Crippen molar-refractivity contribution < 1.29 is 13.7 Å². The van der Waals surface area contributed by atoms with Gasteiger partial charge in [0.05, 0.1) is 12.8 Å². The molecule has 0 bridgehead atoms. The van der Waals surface area contributed by atoms with E-state index >= 15 is 0 Å². The third-order valence-corrected chi connectivity index (χ3v) is 2.79. The van der Waals surface area contributed by atoms with Crippen LogP contribution in [0.3, 0.4) is 0 Å². The Morgan fingerprint density at radius 3 is 2.91 bits per heavy atom. The molecule has 0 aliphatic rings. The maximum absolute atomic E-state index is 5.50. The number of nitrogens with zero attached hydrogens (tertiary/aromatic N) is 3. The molecule has 128 valence electrons. The molecule has 0 amide bonds. The zero-order chi connectivity index (χ0) is 15.6. The Morgan fingerprint density at radius 1 is 1.39 bits per heavy atom. The predicted octanol–water partition coefficient (Wildman–Crippen LogP) is 1.86. The minimum atomic E-state index is 0. The first kappa shape index (κ1) is 19.4. The molecule has 8 nitrogen and oxygen atoms in total. The summed E-state index contributed by atoms with van der Waals surface area (Å²) >= 11 is 0. The lowest BCUT2D eigenvalue weighted by molar-refractivity contribution is 0.105. The normalized spacial score (nSPS) is 11.1. The molecule has 0 aliphatic heterocycles. The molecule has 0 aromatic carbocycles. The van der Waals surface area contributed by atoms with Crippen LogP contribution in [0.4, 0.5) is 0 Å². The summed E-state index contributed by atoms with van der Waals surface area (Å²) in [6, 6.07) is 3.74. The maximum atomic E-state index is 5.50. The number of hydrogen-bond donors (Lipinski definition) is 2. The lowest BCUT2D eigenvalue weighted by atomic mass is 10.4. The second kappa shape index (κ2) is 11.0. The molecule has 2 N–H and O–H groups in total. The van der Waals surface area contributed by atoms with Gasteiger partial charge in [0.25, 0.3) is 0 Å². The van der Waals surface area contributed by atoms with Gasteiger partial charge in [-0.25, -0.2) is 0 Å². The topological polar surface area (TPSA) is 97.7 Å². The van der Waals surface area contributed by atoms with Crippen LogP contribution in [0.2, 0.25) is 0 Å². The molecule has 2 rings (SSSR count). The summed E-state index contributed by atoms with van der Waals surface area (Å²) in [6.07, 6.45) is 2.50. The fourth-order valence-corrected chi connectivity index (χ4v) is 1.74. The molecule has 0 saturated heterocycles. The molecular formula is C14H22IN5O3. The van der Waals surface area contributed by atoms with Crippen LogP contribution in [-0.4, -0.2) is 36.3 Å². The van der Waals surface area contributed by atoms with E-state index in [1.807, 2.05) is 12.1 Å². The van der Waals surface area contributed by atoms with Crippen LogP contribution in [0.15, 0.2) is 32.3 Å². The van der Waals surface area contributed by atoms with Crippen molar-refractivity contribution in [1.29, 1.82) is 0 Å². The molecule has 2 heterocycles. The van der Waals surface area contributed by atoms with E-state index in [9.17, 15) is 0 Å². The number of halogens is 1. The maximum Gasteiger partial charge on any atom is 0.223 e. The molecule has 0 unspecified atom stereocenters. The summed E-state index contributed by atoms with van der Waals surface area (Å²) in [5, 5.41) is 10.1. The Bertz CT molecular complexity index is 571. The summed E-state index contributed by atoms with van der Waals surface area (Å²) in [5.41, 5.74) is 0. The fraction of sp³-hybridized carbons (Fsp3) is 0.500. The fourth-order valence-electron chi connectivity index (χ4n) is 1.74. The van der Waals surface area contributed by atoms with Gasteiger partial charge in [0.2, 0.25) is 5.89 Å². The van der Waals surface area contributed by atoms with Crippen LogP contribution in [0.1, 0.15) is 23.9 Å². The van der Waals surface area contributed by atoms with Crippen molar-refractivity contribution in [3.8, 4) is 0 Å². The molecular weight excluding hydrogens is 413 g/mol. The SMILES string of the molecule is CN=C(NCCCOCc1ccco1)NCc1noc(C)n1.I. The Labute approximate surface area is 152 Å². The van der Waals surface area contributed by atoms with Gasteiger partial charge >= 0.3 is 0 Å². The molecule has 2 aromatic rings. The van der Waals surface area contributed by atoms with Crippen molar-refractivity contribution in [1.82, 2.24) is 20.8 Å². The lowest BCUT2D eigenvalue weighted by Crippen LogP contribution is -2.37. The Hall–Kier alpha value is -1.62. The minimum Gasteiger partial charge on any atom is -0.467 e. The quantitative estimate of drug-likeness (QED) is 0.283.